The lowest BCUT2D eigenvalue weighted by atomic mass is 10.2. The molecule has 0 radical (unpaired) electrons. The molecule has 0 aliphatic heterocycles. The molecule has 0 saturated carbocycles. The van der Waals surface area contributed by atoms with Gasteiger partial charge in [0.2, 0.25) is 0 Å². The first-order valence-electron chi connectivity index (χ1n) is 4.99. The normalized spacial score (nSPS) is 10.3. The average Bonchev–Trinajstić information content (AvgIpc) is 2.34. The predicted molar refractivity (Wildman–Crippen MR) is 73.9 cm³/mol. The number of rotatable bonds is 3. The van der Waals surface area contributed by atoms with E-state index in [-0.39, 0.29) is 5.56 Å². The Labute approximate surface area is 116 Å². The molecular formula is C12H9BrN2O2S. The molecule has 2 aromatic rings. The molecule has 1 aromatic carbocycles. The Morgan fingerprint density at radius 3 is 2.78 bits per heavy atom. The van der Waals surface area contributed by atoms with Crippen LogP contribution in [0, 0.1) is 0 Å². The molecule has 18 heavy (non-hydrogen) atoms. The van der Waals surface area contributed by atoms with E-state index in [1.54, 1.807) is 12.3 Å². The number of hydrogen-bond acceptors (Lipinski definition) is 4. The summed E-state index contributed by atoms with van der Waals surface area (Å²) in [4.78, 5) is 15.8. The van der Waals surface area contributed by atoms with Gasteiger partial charge in [0.25, 0.3) is 0 Å². The maximum Gasteiger partial charge on any atom is 0.335 e. The summed E-state index contributed by atoms with van der Waals surface area (Å²) in [6.07, 6.45) is 1.69. The number of carboxylic acid groups (broad SMARTS) is 1. The average molecular weight is 325 g/mol. The van der Waals surface area contributed by atoms with Gasteiger partial charge in [0.15, 0.2) is 0 Å². The van der Waals surface area contributed by atoms with Gasteiger partial charge < -0.3 is 10.8 Å². The third kappa shape index (κ3) is 2.83. The van der Waals surface area contributed by atoms with E-state index < -0.39 is 5.97 Å². The number of aromatic nitrogens is 1. The van der Waals surface area contributed by atoms with E-state index in [1.165, 1.54) is 23.9 Å². The number of anilines is 1. The molecule has 1 aromatic heterocycles. The van der Waals surface area contributed by atoms with E-state index in [0.717, 1.165) is 14.4 Å². The van der Waals surface area contributed by atoms with Gasteiger partial charge in [-0.15, -0.1) is 0 Å². The van der Waals surface area contributed by atoms with E-state index in [2.05, 4.69) is 20.9 Å². The van der Waals surface area contributed by atoms with Gasteiger partial charge in [-0.1, -0.05) is 11.8 Å². The quantitative estimate of drug-likeness (QED) is 0.847. The summed E-state index contributed by atoms with van der Waals surface area (Å²) in [5.74, 6) is -0.989. The summed E-state index contributed by atoms with van der Waals surface area (Å²) in [6, 6.07) is 8.37. The lowest BCUT2D eigenvalue weighted by Gasteiger charge is -2.06. The van der Waals surface area contributed by atoms with Gasteiger partial charge in [0.1, 0.15) is 5.03 Å². The predicted octanol–water partition coefficient (Wildman–Crippen LogP) is 3.28. The van der Waals surface area contributed by atoms with Crippen LogP contribution in [0.3, 0.4) is 0 Å². The van der Waals surface area contributed by atoms with E-state index in [1.807, 2.05) is 12.1 Å². The molecule has 3 N–H and O–H groups in total. The molecule has 0 bridgehead atoms. The summed E-state index contributed by atoms with van der Waals surface area (Å²) < 4.78 is 0.872. The summed E-state index contributed by atoms with van der Waals surface area (Å²) in [7, 11) is 0. The van der Waals surface area contributed by atoms with Crippen LogP contribution >= 0.6 is 27.7 Å². The van der Waals surface area contributed by atoms with Crippen molar-refractivity contribution in [1.29, 1.82) is 0 Å². The molecular weight excluding hydrogens is 316 g/mol. The largest absolute Gasteiger partial charge is 0.478 e. The summed E-state index contributed by atoms with van der Waals surface area (Å²) >= 11 is 4.78. The molecule has 1 heterocycles. The van der Waals surface area contributed by atoms with Crippen LogP contribution in [0.5, 0.6) is 0 Å². The fourth-order valence-electron chi connectivity index (χ4n) is 1.32. The Kier molecular flexibility index (Phi) is 3.88. The van der Waals surface area contributed by atoms with Crippen molar-refractivity contribution in [1.82, 2.24) is 4.98 Å². The van der Waals surface area contributed by atoms with Crippen molar-refractivity contribution in [2.45, 2.75) is 9.92 Å². The Hall–Kier alpha value is -1.53. The lowest BCUT2D eigenvalue weighted by Crippen LogP contribution is -1.98. The summed E-state index contributed by atoms with van der Waals surface area (Å²) in [6.45, 7) is 0. The smallest absolute Gasteiger partial charge is 0.335 e. The van der Waals surface area contributed by atoms with E-state index in [9.17, 15) is 4.79 Å². The summed E-state index contributed by atoms with van der Waals surface area (Å²) in [5.41, 5.74) is 6.44. The van der Waals surface area contributed by atoms with Crippen LogP contribution in [0.1, 0.15) is 10.4 Å². The van der Waals surface area contributed by atoms with Crippen LogP contribution in [0.15, 0.2) is 50.9 Å². The van der Waals surface area contributed by atoms with Gasteiger partial charge >= 0.3 is 5.97 Å². The molecule has 0 atom stereocenters. The van der Waals surface area contributed by atoms with Gasteiger partial charge in [-0.2, -0.15) is 0 Å². The van der Waals surface area contributed by atoms with Gasteiger partial charge in [0.05, 0.1) is 10.0 Å². The highest BCUT2D eigenvalue weighted by molar-refractivity contribution is 9.10. The summed E-state index contributed by atoms with van der Waals surface area (Å²) in [5, 5.41) is 9.64. The molecule has 0 amide bonds. The monoisotopic (exact) mass is 324 g/mol. The second-order valence-electron chi connectivity index (χ2n) is 3.45. The number of carboxylic acids is 1. The van der Waals surface area contributed by atoms with Crippen LogP contribution in [0.2, 0.25) is 0 Å². The number of nitrogens with two attached hydrogens (primary N) is 1. The number of hydrogen-bond donors (Lipinski definition) is 2. The minimum atomic E-state index is -0.989. The number of halogens is 1. The fourth-order valence-corrected chi connectivity index (χ4v) is 2.62. The lowest BCUT2D eigenvalue weighted by molar-refractivity contribution is 0.0697. The molecule has 92 valence electrons. The van der Waals surface area contributed by atoms with Crippen LogP contribution in [-0.2, 0) is 0 Å². The van der Waals surface area contributed by atoms with E-state index in [4.69, 9.17) is 10.8 Å². The zero-order valence-electron chi connectivity index (χ0n) is 9.13. The molecule has 6 heteroatoms. The second-order valence-corrected chi connectivity index (χ2v) is 5.34. The third-order valence-electron chi connectivity index (χ3n) is 2.19. The van der Waals surface area contributed by atoms with Crippen LogP contribution in [0.25, 0.3) is 0 Å². The number of nitrogen functional groups attached to an aromatic ring is 1. The minimum absolute atomic E-state index is 0.178. The Morgan fingerprint density at radius 2 is 2.17 bits per heavy atom. The second kappa shape index (κ2) is 5.41. The highest BCUT2D eigenvalue weighted by Crippen LogP contribution is 2.35. The SMILES string of the molecule is Nc1cc(C(=O)O)ccc1Sc1ncccc1Br. The van der Waals surface area contributed by atoms with E-state index >= 15 is 0 Å². The number of aromatic carboxylic acids is 1. The number of benzene rings is 1. The van der Waals surface area contributed by atoms with Crippen molar-refractivity contribution in [3.63, 3.8) is 0 Å². The van der Waals surface area contributed by atoms with Gasteiger partial charge in [-0.05, 0) is 46.3 Å². The minimum Gasteiger partial charge on any atom is -0.478 e. The topological polar surface area (TPSA) is 76.2 Å². The molecule has 0 fully saturated rings. The fraction of sp³-hybridized carbons (Fsp3) is 0. The molecule has 2 rings (SSSR count). The van der Waals surface area contributed by atoms with Crippen molar-refractivity contribution < 1.29 is 9.90 Å². The Morgan fingerprint density at radius 1 is 1.39 bits per heavy atom. The van der Waals surface area contributed by atoms with Gasteiger partial charge in [0, 0.05) is 16.8 Å². The maximum absolute atomic E-state index is 10.8. The molecule has 4 nitrogen and oxygen atoms in total. The molecule has 0 saturated heterocycles. The van der Waals surface area contributed by atoms with Gasteiger partial charge in [-0.3, -0.25) is 0 Å². The zero-order valence-corrected chi connectivity index (χ0v) is 11.5. The van der Waals surface area contributed by atoms with Crippen LogP contribution < -0.4 is 5.73 Å². The first kappa shape index (κ1) is 12.9. The zero-order chi connectivity index (χ0) is 13.1. The molecule has 0 spiro atoms. The highest BCUT2D eigenvalue weighted by atomic mass is 79.9. The highest BCUT2D eigenvalue weighted by Gasteiger charge is 2.09. The maximum atomic E-state index is 10.8. The van der Waals surface area contributed by atoms with Crippen molar-refractivity contribution >= 4 is 39.3 Å². The van der Waals surface area contributed by atoms with Crippen molar-refractivity contribution in [3.8, 4) is 0 Å². The molecule has 0 unspecified atom stereocenters. The van der Waals surface area contributed by atoms with Gasteiger partial charge in [-0.25, -0.2) is 9.78 Å². The van der Waals surface area contributed by atoms with E-state index in [0.29, 0.717) is 5.69 Å². The van der Waals surface area contributed by atoms with Crippen LogP contribution in [0.4, 0.5) is 5.69 Å². The Balaban J connectivity index is 2.30. The van der Waals surface area contributed by atoms with Crippen molar-refractivity contribution in [2.24, 2.45) is 0 Å². The van der Waals surface area contributed by atoms with Crippen molar-refractivity contribution in [3.05, 3.63) is 46.6 Å². The third-order valence-corrected chi connectivity index (χ3v) is 4.20. The first-order chi connectivity index (χ1) is 8.58. The first-order valence-corrected chi connectivity index (χ1v) is 6.60. The number of carbonyl (C=O) groups is 1. The molecule has 0 aliphatic carbocycles. The number of pyridine rings is 1. The Bertz CT molecular complexity index is 604. The standard InChI is InChI=1S/C12H9BrN2O2S/c13-8-2-1-5-15-11(8)18-10-4-3-7(12(16)17)6-9(10)14/h1-6H,14H2,(H,16,17). The molecule has 0 aliphatic rings. The number of nitrogens with zero attached hydrogens (tertiary/aromatic N) is 1. The van der Waals surface area contributed by atoms with Crippen molar-refractivity contribution in [2.75, 3.05) is 5.73 Å². The van der Waals surface area contributed by atoms with Crippen LogP contribution in [-0.4, -0.2) is 16.1 Å².